The third kappa shape index (κ3) is 5.52. The molecule has 174 valence electrons. The van der Waals surface area contributed by atoms with Gasteiger partial charge < -0.3 is 14.8 Å². The van der Waals surface area contributed by atoms with E-state index >= 15 is 0 Å². The van der Waals surface area contributed by atoms with Crippen LogP contribution in [0.1, 0.15) is 6.92 Å². The maximum Gasteiger partial charge on any atom is 0.234 e. The van der Waals surface area contributed by atoms with Crippen LogP contribution in [0.2, 0.25) is 5.02 Å². The molecule has 0 aliphatic carbocycles. The van der Waals surface area contributed by atoms with Crippen LogP contribution >= 0.6 is 23.4 Å². The first-order chi connectivity index (χ1) is 16.6. The molecule has 0 unspecified atom stereocenters. The second-order valence-electron chi connectivity index (χ2n) is 7.11. The van der Waals surface area contributed by atoms with Gasteiger partial charge in [0, 0.05) is 16.3 Å². The molecule has 0 saturated heterocycles. The number of benzene rings is 3. The van der Waals surface area contributed by atoms with Crippen LogP contribution in [0, 0.1) is 0 Å². The van der Waals surface area contributed by atoms with Gasteiger partial charge in [-0.15, -0.1) is 10.2 Å². The van der Waals surface area contributed by atoms with Crippen LogP contribution in [0.3, 0.4) is 0 Å². The summed E-state index contributed by atoms with van der Waals surface area (Å²) in [7, 11) is 1.57. The number of nitrogens with zero attached hydrogens (tertiary/aromatic N) is 3. The van der Waals surface area contributed by atoms with Crippen molar-refractivity contribution in [3.05, 3.63) is 77.8 Å². The van der Waals surface area contributed by atoms with Crippen LogP contribution in [0.5, 0.6) is 11.5 Å². The number of amides is 1. The lowest BCUT2D eigenvalue weighted by atomic mass is 10.2. The predicted molar refractivity (Wildman–Crippen MR) is 135 cm³/mol. The first-order valence-electron chi connectivity index (χ1n) is 10.6. The maximum atomic E-state index is 12.7. The number of ether oxygens (including phenoxy) is 2. The van der Waals surface area contributed by atoms with Gasteiger partial charge in [0.1, 0.15) is 11.5 Å². The Bertz CT molecular complexity index is 1260. The van der Waals surface area contributed by atoms with Gasteiger partial charge in [-0.25, -0.2) is 0 Å². The van der Waals surface area contributed by atoms with E-state index in [4.69, 9.17) is 21.1 Å². The highest BCUT2D eigenvalue weighted by atomic mass is 35.5. The summed E-state index contributed by atoms with van der Waals surface area (Å²) in [6.45, 7) is 2.53. The highest BCUT2D eigenvalue weighted by Gasteiger charge is 2.18. The summed E-state index contributed by atoms with van der Waals surface area (Å²) in [6, 6.07) is 22.3. The van der Waals surface area contributed by atoms with Crippen molar-refractivity contribution >= 4 is 35.0 Å². The highest BCUT2D eigenvalue weighted by Crippen LogP contribution is 2.30. The third-order valence-corrected chi connectivity index (χ3v) is 6.04. The molecule has 1 N–H and O–H groups in total. The predicted octanol–water partition coefficient (Wildman–Crippen LogP) is 5.73. The van der Waals surface area contributed by atoms with E-state index in [0.717, 1.165) is 17.0 Å². The van der Waals surface area contributed by atoms with E-state index in [1.165, 1.54) is 11.8 Å². The standard InChI is InChI=1S/C25H23ClN4O3S/c1-3-33-20-14-12-19(13-15-20)30-24(17-8-10-18(26)11-9-17)28-29-25(30)34-16-23(31)27-21-6-4-5-7-22(21)32-2/h4-15H,3,16H2,1-2H3,(H,27,31). The molecule has 4 aromatic rings. The number of carbonyl (C=O) groups excluding carboxylic acids is 1. The SMILES string of the molecule is CCOc1ccc(-n2c(SCC(=O)Nc3ccccc3OC)nnc2-c2ccc(Cl)cc2)cc1. The van der Waals surface area contributed by atoms with E-state index in [2.05, 4.69) is 15.5 Å². The Balaban J connectivity index is 1.60. The zero-order chi connectivity index (χ0) is 23.9. The van der Waals surface area contributed by atoms with E-state index in [1.807, 2.05) is 72.2 Å². The van der Waals surface area contributed by atoms with Crippen molar-refractivity contribution in [2.45, 2.75) is 12.1 Å². The van der Waals surface area contributed by atoms with Gasteiger partial charge in [0.05, 0.1) is 25.2 Å². The minimum atomic E-state index is -0.177. The summed E-state index contributed by atoms with van der Waals surface area (Å²) < 4.78 is 12.8. The van der Waals surface area contributed by atoms with Crippen molar-refractivity contribution in [1.29, 1.82) is 0 Å². The normalized spacial score (nSPS) is 10.7. The number of methoxy groups -OCH3 is 1. The van der Waals surface area contributed by atoms with Gasteiger partial charge in [-0.2, -0.15) is 0 Å². The van der Waals surface area contributed by atoms with Crippen LogP contribution in [0.15, 0.2) is 78.0 Å². The minimum Gasteiger partial charge on any atom is -0.495 e. The average Bonchev–Trinajstić information content (AvgIpc) is 3.28. The van der Waals surface area contributed by atoms with Gasteiger partial charge in [0.2, 0.25) is 5.91 Å². The summed E-state index contributed by atoms with van der Waals surface area (Å²) in [4.78, 5) is 12.7. The van der Waals surface area contributed by atoms with Crippen LogP contribution in [0.4, 0.5) is 5.69 Å². The molecular weight excluding hydrogens is 472 g/mol. The van der Waals surface area contributed by atoms with Crippen LogP contribution in [-0.2, 0) is 4.79 Å². The molecule has 1 amide bonds. The summed E-state index contributed by atoms with van der Waals surface area (Å²) in [5, 5.41) is 12.9. The molecule has 0 saturated carbocycles. The first kappa shape index (κ1) is 23.7. The second-order valence-corrected chi connectivity index (χ2v) is 8.49. The molecule has 9 heteroatoms. The van der Waals surface area contributed by atoms with Crippen molar-refractivity contribution in [1.82, 2.24) is 14.8 Å². The molecule has 0 aliphatic heterocycles. The summed E-state index contributed by atoms with van der Waals surface area (Å²) in [6.07, 6.45) is 0. The second kappa shape index (κ2) is 11.1. The van der Waals surface area contributed by atoms with Crippen molar-refractivity contribution in [3.8, 4) is 28.6 Å². The number of rotatable bonds is 9. The minimum absolute atomic E-state index is 0.147. The molecule has 0 radical (unpaired) electrons. The summed E-state index contributed by atoms with van der Waals surface area (Å²) >= 11 is 7.36. The zero-order valence-corrected chi connectivity index (χ0v) is 20.3. The number of carbonyl (C=O) groups is 1. The Kier molecular flexibility index (Phi) is 7.72. The molecular formula is C25H23ClN4O3S. The molecule has 7 nitrogen and oxygen atoms in total. The largest absolute Gasteiger partial charge is 0.495 e. The van der Waals surface area contributed by atoms with E-state index < -0.39 is 0 Å². The molecule has 0 bridgehead atoms. The molecule has 0 aliphatic rings. The Morgan fingerprint density at radius 3 is 2.47 bits per heavy atom. The fourth-order valence-corrected chi connectivity index (χ4v) is 4.18. The van der Waals surface area contributed by atoms with E-state index in [0.29, 0.717) is 34.0 Å². The Morgan fingerprint density at radius 2 is 1.76 bits per heavy atom. The summed E-state index contributed by atoms with van der Waals surface area (Å²) in [5.41, 5.74) is 2.33. The van der Waals surface area contributed by atoms with Crippen LogP contribution in [0.25, 0.3) is 17.1 Å². The number of anilines is 1. The molecule has 0 atom stereocenters. The molecule has 3 aromatic carbocycles. The number of aromatic nitrogens is 3. The van der Waals surface area contributed by atoms with Gasteiger partial charge in [-0.05, 0) is 67.6 Å². The van der Waals surface area contributed by atoms with E-state index in [9.17, 15) is 4.79 Å². The average molecular weight is 495 g/mol. The molecule has 0 spiro atoms. The Labute approximate surface area is 207 Å². The van der Waals surface area contributed by atoms with Crippen molar-refractivity contribution in [2.24, 2.45) is 0 Å². The Morgan fingerprint density at radius 1 is 1.03 bits per heavy atom. The monoisotopic (exact) mass is 494 g/mol. The number of hydrogen-bond donors (Lipinski definition) is 1. The van der Waals surface area contributed by atoms with Gasteiger partial charge in [-0.1, -0.05) is 35.5 Å². The topological polar surface area (TPSA) is 78.3 Å². The van der Waals surface area contributed by atoms with Crippen LogP contribution in [-0.4, -0.2) is 40.1 Å². The van der Waals surface area contributed by atoms with Gasteiger partial charge in [0.25, 0.3) is 0 Å². The number of hydrogen-bond acceptors (Lipinski definition) is 6. The quantitative estimate of drug-likeness (QED) is 0.299. The zero-order valence-electron chi connectivity index (χ0n) is 18.7. The Hall–Kier alpha value is -3.49. The van der Waals surface area contributed by atoms with Gasteiger partial charge in [0.15, 0.2) is 11.0 Å². The molecule has 1 heterocycles. The lowest BCUT2D eigenvalue weighted by molar-refractivity contribution is -0.113. The highest BCUT2D eigenvalue weighted by molar-refractivity contribution is 7.99. The molecule has 1 aromatic heterocycles. The van der Waals surface area contributed by atoms with Crippen molar-refractivity contribution in [3.63, 3.8) is 0 Å². The van der Waals surface area contributed by atoms with Gasteiger partial charge >= 0.3 is 0 Å². The molecule has 34 heavy (non-hydrogen) atoms. The fourth-order valence-electron chi connectivity index (χ4n) is 3.30. The van der Waals surface area contributed by atoms with E-state index in [1.54, 1.807) is 19.2 Å². The van der Waals surface area contributed by atoms with Crippen LogP contribution < -0.4 is 14.8 Å². The van der Waals surface area contributed by atoms with Crippen molar-refractivity contribution in [2.75, 3.05) is 24.8 Å². The molecule has 4 rings (SSSR count). The smallest absolute Gasteiger partial charge is 0.234 e. The summed E-state index contributed by atoms with van der Waals surface area (Å²) in [5.74, 6) is 1.99. The first-order valence-corrected chi connectivity index (χ1v) is 12.0. The van der Waals surface area contributed by atoms with Crippen molar-refractivity contribution < 1.29 is 14.3 Å². The lowest BCUT2D eigenvalue weighted by Gasteiger charge is -2.12. The maximum absolute atomic E-state index is 12.7. The van der Waals surface area contributed by atoms with E-state index in [-0.39, 0.29) is 11.7 Å². The number of thioether (sulfide) groups is 1. The fraction of sp³-hybridized carbons (Fsp3) is 0.160. The number of halogens is 1. The lowest BCUT2D eigenvalue weighted by Crippen LogP contribution is -2.15. The number of nitrogens with one attached hydrogen (secondary N) is 1. The van der Waals surface area contributed by atoms with Gasteiger partial charge in [-0.3, -0.25) is 9.36 Å². The number of para-hydroxylation sites is 2. The molecule has 0 fully saturated rings. The third-order valence-electron chi connectivity index (χ3n) is 4.86.